The number of ether oxygens (including phenoxy) is 1. The summed E-state index contributed by atoms with van der Waals surface area (Å²) in [6.45, 7) is 5.02. The van der Waals surface area contributed by atoms with Crippen LogP contribution >= 0.6 is 0 Å². The number of nitrogens with zero attached hydrogens (tertiary/aromatic N) is 1. The van der Waals surface area contributed by atoms with Crippen molar-refractivity contribution in [2.75, 3.05) is 6.54 Å². The van der Waals surface area contributed by atoms with Gasteiger partial charge in [0.25, 0.3) is 0 Å². The Kier molecular flexibility index (Phi) is 5.69. The number of sulfonamides is 1. The molecule has 2 aromatic carbocycles. The van der Waals surface area contributed by atoms with Crippen molar-refractivity contribution >= 4 is 10.0 Å². The van der Waals surface area contributed by atoms with Gasteiger partial charge in [0.2, 0.25) is 10.0 Å². The summed E-state index contributed by atoms with van der Waals surface area (Å²) in [5.41, 5.74) is 1.95. The van der Waals surface area contributed by atoms with E-state index in [0.29, 0.717) is 25.3 Å². The summed E-state index contributed by atoms with van der Waals surface area (Å²) < 4.78 is 34.3. The Balaban J connectivity index is 1.60. The molecule has 5 rings (SSSR count). The third kappa shape index (κ3) is 4.06. The van der Waals surface area contributed by atoms with Crippen LogP contribution < -0.4 is 4.74 Å². The minimum Gasteiger partial charge on any atom is -0.489 e. The van der Waals surface area contributed by atoms with Crippen LogP contribution in [0.5, 0.6) is 5.75 Å². The first-order valence-electron chi connectivity index (χ1n) is 10.4. The van der Waals surface area contributed by atoms with Gasteiger partial charge in [0.15, 0.2) is 0 Å². The van der Waals surface area contributed by atoms with Gasteiger partial charge in [-0.3, -0.25) is 0 Å². The number of hydrogen-bond acceptors (Lipinski definition) is 4. The summed E-state index contributed by atoms with van der Waals surface area (Å²) in [5.74, 6) is 1.09. The van der Waals surface area contributed by atoms with E-state index in [-0.39, 0.29) is 22.8 Å². The molecule has 29 heavy (non-hydrogen) atoms. The summed E-state index contributed by atoms with van der Waals surface area (Å²) in [7, 11) is -3.65. The molecule has 0 radical (unpaired) electrons. The van der Waals surface area contributed by atoms with Crippen molar-refractivity contribution in [1.29, 1.82) is 0 Å². The Hall–Kier alpha value is -1.89. The Labute approximate surface area is 173 Å². The molecule has 6 heteroatoms. The fourth-order valence-corrected chi connectivity index (χ4v) is 6.32. The van der Waals surface area contributed by atoms with Gasteiger partial charge >= 0.3 is 0 Å². The molecule has 2 saturated heterocycles. The normalized spacial score (nSPS) is 24.8. The molecule has 1 N–H and O–H groups in total. The molecule has 2 aromatic rings. The van der Waals surface area contributed by atoms with Crippen LogP contribution in [0, 0.1) is 5.92 Å². The maximum absolute atomic E-state index is 13.4. The van der Waals surface area contributed by atoms with Crippen LogP contribution in [0.25, 0.3) is 0 Å². The predicted molar refractivity (Wildman–Crippen MR) is 112 cm³/mol. The van der Waals surface area contributed by atoms with Gasteiger partial charge in [-0.15, -0.1) is 0 Å². The fraction of sp³-hybridized carbons (Fsp3) is 0.478. The lowest BCUT2D eigenvalue weighted by atomic mass is 9.79. The number of rotatable bonds is 6. The van der Waals surface area contributed by atoms with Gasteiger partial charge in [0.1, 0.15) is 12.4 Å². The van der Waals surface area contributed by atoms with Crippen molar-refractivity contribution in [3.63, 3.8) is 0 Å². The van der Waals surface area contributed by atoms with E-state index in [2.05, 4.69) is 0 Å². The molecule has 0 amide bonds. The molecule has 0 aromatic heterocycles. The maximum Gasteiger partial charge on any atom is 0.243 e. The average Bonchev–Trinajstić information content (AvgIpc) is 2.73. The van der Waals surface area contributed by atoms with E-state index < -0.39 is 16.1 Å². The summed E-state index contributed by atoms with van der Waals surface area (Å²) in [5, 5.41) is 10.3. The minimum atomic E-state index is -3.65. The molecule has 1 aliphatic carbocycles. The molecule has 156 valence electrons. The molecule has 3 fully saturated rings. The van der Waals surface area contributed by atoms with Crippen molar-refractivity contribution in [2.45, 2.75) is 62.7 Å². The standard InChI is InChI=1S/C23H29NO4S/c1-16(2)20-13-19(9-11-23(20)28-15-17-6-4-3-5-7-17)29(26,27)24-14-18-8-10-21(24)22(25)12-18/h3-7,9,11,13,16,18,21-22,25H,8,10,12,14-15H2,1-2H3. The van der Waals surface area contributed by atoms with Gasteiger partial charge in [-0.2, -0.15) is 4.31 Å². The van der Waals surface area contributed by atoms with Crippen molar-refractivity contribution in [3.8, 4) is 5.75 Å². The number of fused-ring (bicyclic) bond motifs is 3. The van der Waals surface area contributed by atoms with Crippen molar-refractivity contribution in [2.24, 2.45) is 5.92 Å². The molecular weight excluding hydrogens is 386 g/mol. The van der Waals surface area contributed by atoms with E-state index >= 15 is 0 Å². The van der Waals surface area contributed by atoms with Crippen LogP contribution in [0.4, 0.5) is 0 Å². The van der Waals surface area contributed by atoms with Crippen LogP contribution in [0.2, 0.25) is 0 Å². The maximum atomic E-state index is 13.4. The smallest absolute Gasteiger partial charge is 0.243 e. The number of aliphatic hydroxyl groups is 1. The van der Waals surface area contributed by atoms with Gasteiger partial charge in [0, 0.05) is 6.54 Å². The molecule has 3 unspecified atom stereocenters. The van der Waals surface area contributed by atoms with Gasteiger partial charge in [-0.05, 0) is 60.4 Å². The Morgan fingerprint density at radius 1 is 1.14 bits per heavy atom. The fourth-order valence-electron chi connectivity index (χ4n) is 4.52. The lowest BCUT2D eigenvalue weighted by Crippen LogP contribution is -2.57. The van der Waals surface area contributed by atoms with Crippen LogP contribution in [-0.4, -0.2) is 36.5 Å². The van der Waals surface area contributed by atoms with Crippen LogP contribution in [-0.2, 0) is 16.6 Å². The molecule has 2 aliphatic heterocycles. The zero-order valence-corrected chi connectivity index (χ0v) is 17.8. The third-order valence-electron chi connectivity index (χ3n) is 6.14. The van der Waals surface area contributed by atoms with Gasteiger partial charge in [0.05, 0.1) is 17.0 Å². The summed E-state index contributed by atoms with van der Waals surface area (Å²) in [6.07, 6.45) is 1.88. The van der Waals surface area contributed by atoms with Gasteiger partial charge in [-0.25, -0.2) is 8.42 Å². The number of hydrogen-bond donors (Lipinski definition) is 1. The first-order chi connectivity index (χ1) is 13.9. The molecule has 1 saturated carbocycles. The molecule has 5 nitrogen and oxygen atoms in total. The van der Waals surface area contributed by atoms with Crippen LogP contribution in [0.15, 0.2) is 53.4 Å². The summed E-state index contributed by atoms with van der Waals surface area (Å²) in [4.78, 5) is 0.285. The predicted octanol–water partition coefficient (Wildman–Crippen LogP) is 3.92. The summed E-state index contributed by atoms with van der Waals surface area (Å²) in [6, 6.07) is 14.8. The van der Waals surface area contributed by atoms with E-state index in [0.717, 1.165) is 24.0 Å². The molecular formula is C23H29NO4S. The SMILES string of the molecule is CC(C)c1cc(S(=O)(=O)N2CC3CCC2C(O)C3)ccc1OCc1ccccc1. The molecule has 2 bridgehead atoms. The second-order valence-electron chi connectivity index (χ2n) is 8.52. The minimum absolute atomic E-state index is 0.124. The van der Waals surface area contributed by atoms with E-state index in [9.17, 15) is 13.5 Å². The first-order valence-corrected chi connectivity index (χ1v) is 11.8. The Morgan fingerprint density at radius 3 is 2.55 bits per heavy atom. The number of benzene rings is 2. The van der Waals surface area contributed by atoms with Crippen LogP contribution in [0.3, 0.4) is 0 Å². The summed E-state index contributed by atoms with van der Waals surface area (Å²) >= 11 is 0. The molecule has 3 aliphatic rings. The van der Waals surface area contributed by atoms with Crippen molar-refractivity contribution in [1.82, 2.24) is 4.31 Å². The number of piperidine rings is 2. The monoisotopic (exact) mass is 415 g/mol. The average molecular weight is 416 g/mol. The topological polar surface area (TPSA) is 66.8 Å². The van der Waals surface area contributed by atoms with Crippen molar-refractivity contribution in [3.05, 3.63) is 59.7 Å². The first kappa shape index (κ1) is 20.4. The highest BCUT2D eigenvalue weighted by molar-refractivity contribution is 7.89. The molecule has 2 heterocycles. The second-order valence-corrected chi connectivity index (χ2v) is 10.4. The Bertz CT molecular complexity index is 958. The van der Waals surface area contributed by atoms with Gasteiger partial charge < -0.3 is 9.84 Å². The highest BCUT2D eigenvalue weighted by atomic mass is 32.2. The highest BCUT2D eigenvalue weighted by Gasteiger charge is 2.45. The lowest BCUT2D eigenvalue weighted by Gasteiger charge is -2.47. The molecule has 3 atom stereocenters. The lowest BCUT2D eigenvalue weighted by molar-refractivity contribution is -0.0150. The van der Waals surface area contributed by atoms with E-state index in [1.54, 1.807) is 18.2 Å². The zero-order chi connectivity index (χ0) is 20.6. The third-order valence-corrected chi connectivity index (χ3v) is 8.03. The molecule has 0 spiro atoms. The Morgan fingerprint density at radius 2 is 1.90 bits per heavy atom. The zero-order valence-electron chi connectivity index (χ0n) is 17.0. The van der Waals surface area contributed by atoms with E-state index in [4.69, 9.17) is 4.74 Å². The van der Waals surface area contributed by atoms with Crippen LogP contribution in [0.1, 0.15) is 50.2 Å². The van der Waals surface area contributed by atoms with E-state index in [1.165, 1.54) is 4.31 Å². The number of aliphatic hydroxyl groups excluding tert-OH is 1. The second kappa shape index (κ2) is 8.09. The quantitative estimate of drug-likeness (QED) is 0.776. The van der Waals surface area contributed by atoms with Crippen molar-refractivity contribution < 1.29 is 18.3 Å². The highest BCUT2D eigenvalue weighted by Crippen LogP contribution is 2.39. The van der Waals surface area contributed by atoms with Gasteiger partial charge in [-0.1, -0.05) is 44.2 Å². The van der Waals surface area contributed by atoms with E-state index in [1.807, 2.05) is 44.2 Å². The largest absolute Gasteiger partial charge is 0.489 e.